The van der Waals surface area contributed by atoms with Crippen molar-refractivity contribution in [3.05, 3.63) is 35.9 Å². The van der Waals surface area contributed by atoms with Crippen LogP contribution in [0, 0.1) is 5.92 Å². The normalized spacial score (nSPS) is 12.1. The molecule has 15 heavy (non-hydrogen) atoms. The number of hydrogen-bond acceptors (Lipinski definition) is 2. The molecule has 0 N–H and O–H groups in total. The van der Waals surface area contributed by atoms with E-state index in [1.165, 1.54) is 0 Å². The average molecular weight is 227 g/mol. The summed E-state index contributed by atoms with van der Waals surface area (Å²) in [6.07, 6.45) is 0.662. The minimum Gasteiger partial charge on any atom is -0.461 e. The van der Waals surface area contributed by atoms with E-state index in [9.17, 15) is 4.79 Å². The first-order valence-electron chi connectivity index (χ1n) is 5.00. The van der Waals surface area contributed by atoms with E-state index < -0.39 is 0 Å². The monoisotopic (exact) mass is 226 g/mol. The van der Waals surface area contributed by atoms with E-state index in [1.807, 2.05) is 37.3 Å². The molecule has 1 aromatic rings. The van der Waals surface area contributed by atoms with Crippen LogP contribution in [0.2, 0.25) is 0 Å². The summed E-state index contributed by atoms with van der Waals surface area (Å²) in [4.78, 5) is 11.4. The van der Waals surface area contributed by atoms with Gasteiger partial charge in [0.1, 0.15) is 6.61 Å². The van der Waals surface area contributed by atoms with Crippen LogP contribution in [0.3, 0.4) is 0 Å². The summed E-state index contributed by atoms with van der Waals surface area (Å²) in [5, 5.41) is 0. The van der Waals surface area contributed by atoms with Crippen molar-refractivity contribution in [3.63, 3.8) is 0 Å². The van der Waals surface area contributed by atoms with Crippen LogP contribution in [-0.4, -0.2) is 11.8 Å². The summed E-state index contributed by atoms with van der Waals surface area (Å²) in [7, 11) is 0. The number of alkyl halides is 1. The Morgan fingerprint density at radius 3 is 2.67 bits per heavy atom. The van der Waals surface area contributed by atoms with Gasteiger partial charge < -0.3 is 4.74 Å². The highest BCUT2D eigenvalue weighted by atomic mass is 35.5. The van der Waals surface area contributed by atoms with Crippen LogP contribution in [0.1, 0.15) is 18.9 Å². The highest BCUT2D eigenvalue weighted by molar-refractivity contribution is 6.17. The Hall–Kier alpha value is -1.02. The molecule has 1 unspecified atom stereocenters. The topological polar surface area (TPSA) is 26.3 Å². The molecule has 1 atom stereocenters. The van der Waals surface area contributed by atoms with Crippen molar-refractivity contribution < 1.29 is 9.53 Å². The number of hydrogen-bond donors (Lipinski definition) is 0. The first-order valence-corrected chi connectivity index (χ1v) is 5.54. The molecule has 0 saturated carbocycles. The largest absolute Gasteiger partial charge is 0.461 e. The van der Waals surface area contributed by atoms with Crippen LogP contribution in [-0.2, 0) is 16.1 Å². The van der Waals surface area contributed by atoms with Gasteiger partial charge in [-0.05, 0) is 12.0 Å². The zero-order valence-corrected chi connectivity index (χ0v) is 9.54. The van der Waals surface area contributed by atoms with Gasteiger partial charge in [0, 0.05) is 5.88 Å². The molecule has 82 valence electrons. The number of benzene rings is 1. The second-order valence-electron chi connectivity index (χ2n) is 3.47. The van der Waals surface area contributed by atoms with E-state index in [2.05, 4.69) is 0 Å². The smallest absolute Gasteiger partial charge is 0.309 e. The van der Waals surface area contributed by atoms with E-state index in [0.717, 1.165) is 5.56 Å². The van der Waals surface area contributed by atoms with E-state index in [0.29, 0.717) is 18.9 Å². The number of rotatable bonds is 5. The molecule has 0 radical (unpaired) electrons. The van der Waals surface area contributed by atoms with Crippen molar-refractivity contribution in [2.75, 3.05) is 5.88 Å². The predicted molar refractivity (Wildman–Crippen MR) is 60.7 cm³/mol. The molecule has 0 saturated heterocycles. The summed E-state index contributed by atoms with van der Waals surface area (Å²) in [6.45, 7) is 2.17. The fraction of sp³-hybridized carbons (Fsp3) is 0.417. The van der Waals surface area contributed by atoms with Gasteiger partial charge in [0.15, 0.2) is 0 Å². The Morgan fingerprint density at radius 2 is 2.07 bits per heavy atom. The van der Waals surface area contributed by atoms with E-state index in [4.69, 9.17) is 16.3 Å². The highest BCUT2D eigenvalue weighted by Gasteiger charge is 2.13. The van der Waals surface area contributed by atoms with Gasteiger partial charge in [0.05, 0.1) is 5.92 Å². The molecule has 0 heterocycles. The molecule has 0 aliphatic heterocycles. The first kappa shape index (κ1) is 12.1. The fourth-order valence-electron chi connectivity index (χ4n) is 1.15. The predicted octanol–water partition coefficient (Wildman–Crippen LogP) is 2.99. The van der Waals surface area contributed by atoms with Gasteiger partial charge in [-0.1, -0.05) is 37.3 Å². The maximum absolute atomic E-state index is 11.4. The van der Waals surface area contributed by atoms with E-state index in [1.54, 1.807) is 0 Å². The lowest BCUT2D eigenvalue weighted by Gasteiger charge is -2.09. The van der Waals surface area contributed by atoms with Gasteiger partial charge in [-0.15, -0.1) is 11.6 Å². The van der Waals surface area contributed by atoms with Crippen LogP contribution in [0.4, 0.5) is 0 Å². The van der Waals surface area contributed by atoms with Crippen molar-refractivity contribution in [2.24, 2.45) is 5.92 Å². The van der Waals surface area contributed by atoms with E-state index in [-0.39, 0.29) is 11.9 Å². The molecular formula is C12H15ClO2. The fourth-order valence-corrected chi connectivity index (χ4v) is 1.48. The number of carbonyl (C=O) groups is 1. The van der Waals surface area contributed by atoms with Gasteiger partial charge in [-0.2, -0.15) is 0 Å². The van der Waals surface area contributed by atoms with E-state index >= 15 is 0 Å². The molecular weight excluding hydrogens is 212 g/mol. The molecule has 0 aliphatic carbocycles. The molecule has 0 fully saturated rings. The number of esters is 1. The Bertz CT molecular complexity index is 298. The lowest BCUT2D eigenvalue weighted by atomic mass is 10.1. The standard InChI is InChI=1S/C12H15ClO2/c1-10(7-8-13)12(14)15-9-11-5-3-2-4-6-11/h2-6,10H,7-9H2,1H3. The molecule has 0 aliphatic rings. The molecule has 3 heteroatoms. The van der Waals surface area contributed by atoms with Gasteiger partial charge >= 0.3 is 5.97 Å². The Morgan fingerprint density at radius 1 is 1.40 bits per heavy atom. The van der Waals surface area contributed by atoms with Crippen molar-refractivity contribution in [1.82, 2.24) is 0 Å². The third kappa shape index (κ3) is 4.34. The highest BCUT2D eigenvalue weighted by Crippen LogP contribution is 2.08. The number of ether oxygens (including phenoxy) is 1. The Balaban J connectivity index is 2.34. The van der Waals surface area contributed by atoms with Crippen LogP contribution in [0.15, 0.2) is 30.3 Å². The second-order valence-corrected chi connectivity index (χ2v) is 3.85. The summed E-state index contributed by atoms with van der Waals surface area (Å²) in [5.41, 5.74) is 1.00. The summed E-state index contributed by atoms with van der Waals surface area (Å²) >= 11 is 5.55. The maximum Gasteiger partial charge on any atom is 0.309 e. The Kier molecular flexibility index (Phi) is 5.19. The number of carbonyl (C=O) groups excluding carboxylic acids is 1. The van der Waals surface area contributed by atoms with Crippen LogP contribution in [0.5, 0.6) is 0 Å². The molecule has 1 rings (SSSR count). The van der Waals surface area contributed by atoms with Crippen LogP contribution in [0.25, 0.3) is 0 Å². The number of halogens is 1. The minimum absolute atomic E-state index is 0.119. The van der Waals surface area contributed by atoms with Gasteiger partial charge in [0.2, 0.25) is 0 Å². The van der Waals surface area contributed by atoms with Crippen LogP contribution >= 0.6 is 11.6 Å². The Labute approximate surface area is 95.2 Å². The van der Waals surface area contributed by atoms with Crippen molar-refractivity contribution in [2.45, 2.75) is 20.0 Å². The lowest BCUT2D eigenvalue weighted by molar-refractivity contribution is -0.149. The second kappa shape index (κ2) is 6.46. The zero-order chi connectivity index (χ0) is 11.1. The lowest BCUT2D eigenvalue weighted by Crippen LogP contribution is -2.15. The minimum atomic E-state index is -0.181. The molecule has 1 aromatic carbocycles. The summed E-state index contributed by atoms with van der Waals surface area (Å²) in [6, 6.07) is 9.64. The maximum atomic E-state index is 11.4. The quantitative estimate of drug-likeness (QED) is 0.570. The van der Waals surface area contributed by atoms with Crippen molar-refractivity contribution >= 4 is 17.6 Å². The first-order chi connectivity index (χ1) is 7.24. The van der Waals surface area contributed by atoms with Gasteiger partial charge in [-0.3, -0.25) is 4.79 Å². The molecule has 2 nitrogen and oxygen atoms in total. The third-order valence-electron chi connectivity index (χ3n) is 2.17. The zero-order valence-electron chi connectivity index (χ0n) is 8.78. The van der Waals surface area contributed by atoms with Crippen LogP contribution < -0.4 is 0 Å². The van der Waals surface area contributed by atoms with Crippen molar-refractivity contribution in [1.29, 1.82) is 0 Å². The molecule has 0 amide bonds. The molecule has 0 spiro atoms. The van der Waals surface area contributed by atoms with Gasteiger partial charge in [0.25, 0.3) is 0 Å². The third-order valence-corrected chi connectivity index (χ3v) is 2.39. The molecule has 0 aromatic heterocycles. The van der Waals surface area contributed by atoms with Crippen molar-refractivity contribution in [3.8, 4) is 0 Å². The summed E-state index contributed by atoms with van der Waals surface area (Å²) in [5.74, 6) is 0.187. The summed E-state index contributed by atoms with van der Waals surface area (Å²) < 4.78 is 5.14. The average Bonchev–Trinajstić information content (AvgIpc) is 2.27. The van der Waals surface area contributed by atoms with Gasteiger partial charge in [-0.25, -0.2) is 0 Å². The molecule has 0 bridgehead atoms. The SMILES string of the molecule is CC(CCCl)C(=O)OCc1ccccc1.